The van der Waals surface area contributed by atoms with E-state index in [9.17, 15) is 13.2 Å². The van der Waals surface area contributed by atoms with Crippen LogP contribution in [0.2, 0.25) is 5.02 Å². The van der Waals surface area contributed by atoms with Gasteiger partial charge in [0.2, 0.25) is 0 Å². The zero-order valence-electron chi connectivity index (χ0n) is 12.3. The van der Waals surface area contributed by atoms with E-state index in [2.05, 4.69) is 10.1 Å². The van der Waals surface area contributed by atoms with Gasteiger partial charge in [-0.1, -0.05) is 29.8 Å². The van der Waals surface area contributed by atoms with Gasteiger partial charge in [-0.05, 0) is 35.4 Å². The number of hydrogen-bond donors (Lipinski definition) is 1. The van der Waals surface area contributed by atoms with Gasteiger partial charge in [0.1, 0.15) is 6.10 Å². The van der Waals surface area contributed by atoms with Crippen LogP contribution in [0, 0.1) is 0 Å². The van der Waals surface area contributed by atoms with Crippen LogP contribution in [0.5, 0.6) is 11.5 Å². The lowest BCUT2D eigenvalue weighted by molar-refractivity contribution is -0.275. The molecule has 1 aliphatic rings. The Morgan fingerprint density at radius 1 is 0.958 bits per heavy atom. The minimum absolute atomic E-state index is 0. The van der Waals surface area contributed by atoms with E-state index in [1.807, 2.05) is 0 Å². The van der Waals surface area contributed by atoms with E-state index in [0.29, 0.717) is 23.7 Å². The van der Waals surface area contributed by atoms with Crippen molar-refractivity contribution in [3.8, 4) is 22.6 Å². The van der Waals surface area contributed by atoms with Crippen LogP contribution in [0.15, 0.2) is 42.5 Å². The molecule has 0 saturated carbocycles. The highest BCUT2D eigenvalue weighted by atomic mass is 35.5. The Morgan fingerprint density at radius 3 is 2.12 bits per heavy atom. The van der Waals surface area contributed by atoms with Crippen LogP contribution in [-0.2, 0) is 0 Å². The van der Waals surface area contributed by atoms with Gasteiger partial charge in [0.15, 0.2) is 11.5 Å². The topological polar surface area (TPSA) is 30.5 Å². The van der Waals surface area contributed by atoms with Crippen molar-refractivity contribution in [3.63, 3.8) is 0 Å². The maximum atomic E-state index is 12.6. The Hall–Kier alpha value is -1.63. The van der Waals surface area contributed by atoms with Crippen LogP contribution in [-0.4, -0.2) is 25.6 Å². The summed E-state index contributed by atoms with van der Waals surface area (Å²) in [5, 5.41) is 3.54. The second-order valence-corrected chi connectivity index (χ2v) is 5.55. The van der Waals surface area contributed by atoms with E-state index < -0.39 is 6.36 Å². The third-order valence-electron chi connectivity index (χ3n) is 3.38. The highest BCUT2D eigenvalue weighted by Crippen LogP contribution is 2.37. The minimum Gasteiger partial charge on any atom is -0.484 e. The number of benzene rings is 2. The van der Waals surface area contributed by atoms with Crippen molar-refractivity contribution in [2.24, 2.45) is 0 Å². The fourth-order valence-electron chi connectivity index (χ4n) is 2.16. The molecule has 1 saturated heterocycles. The lowest BCUT2D eigenvalue weighted by atomic mass is 10.1. The number of hydrogen-bond acceptors (Lipinski definition) is 3. The molecule has 0 atom stereocenters. The Balaban J connectivity index is 0.00000208. The lowest BCUT2D eigenvalue weighted by Crippen LogP contribution is -2.50. The first-order chi connectivity index (χ1) is 10.9. The van der Waals surface area contributed by atoms with Gasteiger partial charge in [-0.25, -0.2) is 0 Å². The summed E-state index contributed by atoms with van der Waals surface area (Å²) in [7, 11) is 0. The van der Waals surface area contributed by atoms with E-state index in [4.69, 9.17) is 16.3 Å². The molecular formula is C16H14Cl2F3NO2. The van der Waals surface area contributed by atoms with Crippen molar-refractivity contribution in [1.82, 2.24) is 5.32 Å². The van der Waals surface area contributed by atoms with Crippen LogP contribution in [0.1, 0.15) is 0 Å². The van der Waals surface area contributed by atoms with E-state index in [1.54, 1.807) is 30.3 Å². The van der Waals surface area contributed by atoms with E-state index in [-0.39, 0.29) is 30.0 Å². The quantitative estimate of drug-likeness (QED) is 0.836. The first-order valence-electron chi connectivity index (χ1n) is 6.94. The van der Waals surface area contributed by atoms with Crippen molar-refractivity contribution in [1.29, 1.82) is 0 Å². The second-order valence-electron chi connectivity index (χ2n) is 5.11. The fourth-order valence-corrected chi connectivity index (χ4v) is 2.28. The average Bonchev–Trinajstić information content (AvgIpc) is 2.43. The predicted octanol–water partition coefficient (Wildman–Crippen LogP) is 4.68. The summed E-state index contributed by atoms with van der Waals surface area (Å²) < 4.78 is 47.5. The van der Waals surface area contributed by atoms with Gasteiger partial charge in [-0.3, -0.25) is 0 Å². The molecule has 2 aromatic carbocycles. The monoisotopic (exact) mass is 379 g/mol. The Bertz CT molecular complexity index is 689. The smallest absolute Gasteiger partial charge is 0.484 e. The molecule has 0 unspecified atom stereocenters. The zero-order valence-corrected chi connectivity index (χ0v) is 13.8. The van der Waals surface area contributed by atoms with E-state index in [1.165, 1.54) is 12.1 Å². The largest absolute Gasteiger partial charge is 0.573 e. The number of halogens is 5. The van der Waals surface area contributed by atoms with Crippen molar-refractivity contribution in [2.45, 2.75) is 12.5 Å². The molecule has 130 valence electrons. The second kappa shape index (κ2) is 7.51. The standard InChI is InChI=1S/C16H13ClF3NO2.ClH/c17-12-4-1-10(2-5-12)11-3-6-14(22-13-8-21-9-13)15(7-11)23-16(18,19)20;/h1-7,13,21H,8-9H2;1H. The molecule has 24 heavy (non-hydrogen) atoms. The molecule has 3 nitrogen and oxygen atoms in total. The molecule has 0 spiro atoms. The van der Waals surface area contributed by atoms with Gasteiger partial charge in [0, 0.05) is 18.1 Å². The number of alkyl halides is 3. The van der Waals surface area contributed by atoms with Crippen molar-refractivity contribution in [3.05, 3.63) is 47.5 Å². The highest BCUT2D eigenvalue weighted by molar-refractivity contribution is 6.30. The number of nitrogens with one attached hydrogen (secondary N) is 1. The molecule has 0 amide bonds. The predicted molar refractivity (Wildman–Crippen MR) is 88.1 cm³/mol. The summed E-state index contributed by atoms with van der Waals surface area (Å²) in [6.45, 7) is 1.20. The Morgan fingerprint density at radius 2 is 1.58 bits per heavy atom. The molecular weight excluding hydrogens is 366 g/mol. The fraction of sp³-hybridized carbons (Fsp3) is 0.250. The molecule has 1 aliphatic heterocycles. The third kappa shape index (κ3) is 4.69. The first kappa shape index (κ1) is 18.7. The average molecular weight is 380 g/mol. The van der Waals surface area contributed by atoms with E-state index in [0.717, 1.165) is 5.56 Å². The maximum absolute atomic E-state index is 12.6. The number of ether oxygens (including phenoxy) is 2. The molecule has 0 aromatic heterocycles. The molecule has 0 aliphatic carbocycles. The molecule has 1 N–H and O–H groups in total. The molecule has 1 fully saturated rings. The van der Waals surface area contributed by atoms with Gasteiger partial charge in [-0.15, -0.1) is 25.6 Å². The van der Waals surface area contributed by atoms with Crippen LogP contribution in [0.3, 0.4) is 0 Å². The molecule has 0 radical (unpaired) electrons. The molecule has 8 heteroatoms. The summed E-state index contributed by atoms with van der Waals surface area (Å²) in [4.78, 5) is 0. The third-order valence-corrected chi connectivity index (χ3v) is 3.64. The van der Waals surface area contributed by atoms with E-state index >= 15 is 0 Å². The highest BCUT2D eigenvalue weighted by Gasteiger charge is 2.33. The molecule has 2 aromatic rings. The Labute approximate surface area is 148 Å². The molecule has 0 bridgehead atoms. The van der Waals surface area contributed by atoms with Crippen molar-refractivity contribution >= 4 is 24.0 Å². The number of rotatable bonds is 4. The van der Waals surface area contributed by atoms with Gasteiger partial charge >= 0.3 is 6.36 Å². The molecule has 1 heterocycles. The Kier molecular flexibility index (Phi) is 5.85. The van der Waals surface area contributed by atoms with Crippen molar-refractivity contribution < 1.29 is 22.6 Å². The normalized spacial score (nSPS) is 14.5. The van der Waals surface area contributed by atoms with Crippen LogP contribution >= 0.6 is 24.0 Å². The lowest BCUT2D eigenvalue weighted by Gasteiger charge is -2.28. The van der Waals surface area contributed by atoms with Gasteiger partial charge in [-0.2, -0.15) is 0 Å². The maximum Gasteiger partial charge on any atom is 0.573 e. The molecule has 3 rings (SSSR count). The van der Waals surface area contributed by atoms with Crippen LogP contribution in [0.25, 0.3) is 11.1 Å². The SMILES string of the molecule is Cl.FC(F)(F)Oc1cc(-c2ccc(Cl)cc2)ccc1OC1CNC1. The van der Waals surface area contributed by atoms with Crippen LogP contribution in [0.4, 0.5) is 13.2 Å². The van der Waals surface area contributed by atoms with Gasteiger partial charge in [0.05, 0.1) is 0 Å². The summed E-state index contributed by atoms with van der Waals surface area (Å²) in [5.74, 6) is -0.275. The first-order valence-corrected chi connectivity index (χ1v) is 7.31. The van der Waals surface area contributed by atoms with Crippen LogP contribution < -0.4 is 14.8 Å². The summed E-state index contributed by atoms with van der Waals surface area (Å²) in [6, 6.07) is 11.3. The zero-order chi connectivity index (χ0) is 16.4. The summed E-state index contributed by atoms with van der Waals surface area (Å²) in [6.07, 6.45) is -4.93. The summed E-state index contributed by atoms with van der Waals surface area (Å²) in [5.41, 5.74) is 1.32. The summed E-state index contributed by atoms with van der Waals surface area (Å²) >= 11 is 5.82. The van der Waals surface area contributed by atoms with Gasteiger partial charge < -0.3 is 14.8 Å². The van der Waals surface area contributed by atoms with Crippen molar-refractivity contribution in [2.75, 3.05) is 13.1 Å². The van der Waals surface area contributed by atoms with Gasteiger partial charge in [0.25, 0.3) is 0 Å². The minimum atomic E-state index is -4.78.